The molecule has 0 aromatic carbocycles. The fourth-order valence-corrected chi connectivity index (χ4v) is 4.87. The van der Waals surface area contributed by atoms with Gasteiger partial charge in [-0.1, -0.05) is 0 Å². The van der Waals surface area contributed by atoms with Crippen molar-refractivity contribution >= 4 is 10.2 Å². The third-order valence-electron chi connectivity index (χ3n) is 4.24. The summed E-state index contributed by atoms with van der Waals surface area (Å²) in [6, 6.07) is -0.278. The van der Waals surface area contributed by atoms with Crippen molar-refractivity contribution in [2.75, 3.05) is 40.3 Å². The molecule has 8 heteroatoms. The molecule has 2 heterocycles. The summed E-state index contributed by atoms with van der Waals surface area (Å²) in [6.45, 7) is 2.12. The van der Waals surface area contributed by atoms with Crippen molar-refractivity contribution in [3.63, 3.8) is 0 Å². The minimum absolute atomic E-state index is 0.00940. The Morgan fingerprint density at radius 2 is 2.05 bits per heavy atom. The maximum atomic E-state index is 13.6. The number of halogens is 1. The van der Waals surface area contributed by atoms with Gasteiger partial charge in [-0.2, -0.15) is 17.0 Å². The second-order valence-corrected chi connectivity index (χ2v) is 7.56. The van der Waals surface area contributed by atoms with Gasteiger partial charge in [-0.25, -0.2) is 4.39 Å². The van der Waals surface area contributed by atoms with Crippen LogP contribution in [-0.2, 0) is 10.2 Å². The van der Waals surface area contributed by atoms with E-state index in [-0.39, 0.29) is 25.0 Å². The maximum absolute atomic E-state index is 13.6. The molecule has 2 aliphatic heterocycles. The van der Waals surface area contributed by atoms with Crippen LogP contribution in [0.4, 0.5) is 4.39 Å². The lowest BCUT2D eigenvalue weighted by Gasteiger charge is -2.35. The summed E-state index contributed by atoms with van der Waals surface area (Å²) < 4.78 is 41.8. The van der Waals surface area contributed by atoms with Gasteiger partial charge in [0.15, 0.2) is 0 Å². The molecule has 20 heavy (non-hydrogen) atoms. The molecule has 2 fully saturated rings. The zero-order valence-corrected chi connectivity index (χ0v) is 13.0. The third-order valence-corrected chi connectivity index (χ3v) is 6.30. The number of nitrogens with zero attached hydrogens (tertiary/aromatic N) is 2. The highest BCUT2D eigenvalue weighted by Gasteiger charge is 2.42. The highest BCUT2D eigenvalue weighted by atomic mass is 32.2. The molecule has 2 rings (SSSR count). The summed E-state index contributed by atoms with van der Waals surface area (Å²) in [5, 5.41) is 6.17. The van der Waals surface area contributed by atoms with Crippen LogP contribution in [0.2, 0.25) is 0 Å². The van der Waals surface area contributed by atoms with E-state index in [2.05, 4.69) is 10.6 Å². The molecular formula is C12H25FN4O2S. The molecule has 118 valence electrons. The lowest BCUT2D eigenvalue weighted by atomic mass is 10.1. The van der Waals surface area contributed by atoms with Crippen LogP contribution in [-0.4, -0.2) is 75.6 Å². The van der Waals surface area contributed by atoms with E-state index in [1.54, 1.807) is 14.1 Å². The van der Waals surface area contributed by atoms with E-state index in [4.69, 9.17) is 0 Å². The van der Waals surface area contributed by atoms with Gasteiger partial charge < -0.3 is 10.6 Å². The molecule has 0 aliphatic carbocycles. The number of likely N-dealkylation sites (N-methyl/N-ethyl adjacent to an activating group) is 1. The molecule has 0 aromatic rings. The Morgan fingerprint density at radius 1 is 1.40 bits per heavy atom. The Balaban J connectivity index is 2.11. The Morgan fingerprint density at radius 3 is 2.65 bits per heavy atom. The van der Waals surface area contributed by atoms with Crippen molar-refractivity contribution in [2.24, 2.45) is 0 Å². The quantitative estimate of drug-likeness (QED) is 0.722. The Kier molecular flexibility index (Phi) is 5.36. The minimum atomic E-state index is -3.58. The van der Waals surface area contributed by atoms with Crippen LogP contribution in [0.5, 0.6) is 0 Å². The first-order valence-electron chi connectivity index (χ1n) is 7.21. The molecule has 0 unspecified atom stereocenters. The zero-order chi connectivity index (χ0) is 14.8. The number of rotatable bonds is 5. The number of alkyl halides is 1. The lowest BCUT2D eigenvalue weighted by molar-refractivity contribution is 0.262. The number of nitrogens with one attached hydrogen (secondary N) is 2. The summed E-state index contributed by atoms with van der Waals surface area (Å²) in [5.41, 5.74) is 0. The van der Waals surface area contributed by atoms with Crippen molar-refractivity contribution in [1.29, 1.82) is 0 Å². The van der Waals surface area contributed by atoms with Gasteiger partial charge in [-0.15, -0.1) is 0 Å². The molecule has 0 saturated carbocycles. The minimum Gasteiger partial charge on any atom is -0.318 e. The molecular weight excluding hydrogens is 283 g/mol. The molecule has 2 aliphatic rings. The summed E-state index contributed by atoms with van der Waals surface area (Å²) in [6.07, 6.45) is 0.822. The number of piperidine rings is 1. The van der Waals surface area contributed by atoms with Crippen LogP contribution in [0.15, 0.2) is 0 Å². The van der Waals surface area contributed by atoms with Gasteiger partial charge in [-0.05, 0) is 39.4 Å². The maximum Gasteiger partial charge on any atom is 0.282 e. The summed E-state index contributed by atoms with van der Waals surface area (Å²) in [5.74, 6) is 0. The van der Waals surface area contributed by atoms with Gasteiger partial charge in [0.25, 0.3) is 10.2 Å². The summed E-state index contributed by atoms with van der Waals surface area (Å²) in [7, 11) is -0.209. The second-order valence-electron chi connectivity index (χ2n) is 5.62. The number of hydrogen-bond acceptors (Lipinski definition) is 4. The standard InChI is InChI=1S/C12H25FN4O2S/c1-14-8-12-7-10(13)9-17(12)20(18,19)16(2)11-3-5-15-6-4-11/h10-12,14-15H,3-9H2,1-2H3/t10-,12-/m0/s1. The molecule has 0 amide bonds. The first-order chi connectivity index (χ1) is 9.46. The van der Waals surface area contributed by atoms with E-state index < -0.39 is 16.4 Å². The Bertz CT molecular complexity index is 414. The molecule has 0 radical (unpaired) electrons. The molecule has 0 aromatic heterocycles. The first kappa shape index (κ1) is 16.1. The van der Waals surface area contributed by atoms with E-state index in [0.29, 0.717) is 6.54 Å². The van der Waals surface area contributed by atoms with Crippen molar-refractivity contribution in [3.8, 4) is 0 Å². The average molecular weight is 308 g/mol. The SMILES string of the molecule is CNC[C@@H]1C[C@H](F)CN1S(=O)(=O)N(C)C1CCNCC1. The lowest BCUT2D eigenvalue weighted by Crippen LogP contribution is -2.52. The van der Waals surface area contributed by atoms with E-state index in [0.717, 1.165) is 25.9 Å². The Labute approximate surface area is 120 Å². The predicted molar refractivity (Wildman–Crippen MR) is 76.5 cm³/mol. The smallest absolute Gasteiger partial charge is 0.282 e. The normalized spacial score (nSPS) is 30.2. The Hall–Kier alpha value is -0.280. The number of hydrogen-bond donors (Lipinski definition) is 2. The molecule has 2 saturated heterocycles. The van der Waals surface area contributed by atoms with Gasteiger partial charge in [0.1, 0.15) is 6.17 Å². The van der Waals surface area contributed by atoms with Crippen molar-refractivity contribution in [2.45, 2.75) is 37.5 Å². The molecule has 2 N–H and O–H groups in total. The molecule has 2 atom stereocenters. The van der Waals surface area contributed by atoms with Gasteiger partial charge >= 0.3 is 0 Å². The monoisotopic (exact) mass is 308 g/mol. The van der Waals surface area contributed by atoms with Crippen molar-refractivity contribution < 1.29 is 12.8 Å². The van der Waals surface area contributed by atoms with Crippen LogP contribution in [0.1, 0.15) is 19.3 Å². The fraction of sp³-hybridized carbons (Fsp3) is 1.00. The zero-order valence-electron chi connectivity index (χ0n) is 12.2. The van der Waals surface area contributed by atoms with Crippen molar-refractivity contribution in [3.05, 3.63) is 0 Å². The van der Waals surface area contributed by atoms with Crippen LogP contribution in [0, 0.1) is 0 Å². The van der Waals surface area contributed by atoms with Crippen LogP contribution >= 0.6 is 0 Å². The van der Waals surface area contributed by atoms with Gasteiger partial charge in [0.2, 0.25) is 0 Å². The van der Waals surface area contributed by atoms with E-state index in [1.807, 2.05) is 0 Å². The highest BCUT2D eigenvalue weighted by Crippen LogP contribution is 2.26. The second kappa shape index (κ2) is 6.65. The van der Waals surface area contributed by atoms with Crippen LogP contribution in [0.25, 0.3) is 0 Å². The van der Waals surface area contributed by atoms with Gasteiger partial charge in [-0.3, -0.25) is 0 Å². The molecule has 6 nitrogen and oxygen atoms in total. The third kappa shape index (κ3) is 3.30. The molecule has 0 bridgehead atoms. The van der Waals surface area contributed by atoms with E-state index in [9.17, 15) is 12.8 Å². The highest BCUT2D eigenvalue weighted by molar-refractivity contribution is 7.86. The van der Waals surface area contributed by atoms with Gasteiger partial charge in [0.05, 0.1) is 0 Å². The molecule has 0 spiro atoms. The van der Waals surface area contributed by atoms with E-state index in [1.165, 1.54) is 8.61 Å². The largest absolute Gasteiger partial charge is 0.318 e. The van der Waals surface area contributed by atoms with Crippen molar-refractivity contribution in [1.82, 2.24) is 19.2 Å². The summed E-state index contributed by atoms with van der Waals surface area (Å²) >= 11 is 0. The van der Waals surface area contributed by atoms with Crippen LogP contribution < -0.4 is 10.6 Å². The predicted octanol–water partition coefficient (Wildman–Crippen LogP) is -0.453. The topological polar surface area (TPSA) is 64.7 Å². The first-order valence-corrected chi connectivity index (χ1v) is 8.60. The van der Waals surface area contributed by atoms with E-state index >= 15 is 0 Å². The summed E-state index contributed by atoms with van der Waals surface area (Å²) in [4.78, 5) is 0. The van der Waals surface area contributed by atoms with Gasteiger partial charge in [0, 0.05) is 32.2 Å². The van der Waals surface area contributed by atoms with Crippen LogP contribution in [0.3, 0.4) is 0 Å². The average Bonchev–Trinajstić information content (AvgIpc) is 2.81. The fourth-order valence-electron chi connectivity index (χ4n) is 3.06.